The minimum absolute atomic E-state index is 0.0546. The van der Waals surface area contributed by atoms with E-state index < -0.39 is 10.0 Å². The van der Waals surface area contributed by atoms with Gasteiger partial charge in [0.1, 0.15) is 0 Å². The molecule has 0 aliphatic carbocycles. The van der Waals surface area contributed by atoms with E-state index in [0.29, 0.717) is 17.3 Å². The van der Waals surface area contributed by atoms with Gasteiger partial charge in [-0.15, -0.1) is 11.8 Å². The highest BCUT2D eigenvalue weighted by Gasteiger charge is 2.27. The minimum atomic E-state index is -3.74. The van der Waals surface area contributed by atoms with Crippen molar-refractivity contribution in [3.05, 3.63) is 47.5 Å². The van der Waals surface area contributed by atoms with E-state index in [0.717, 1.165) is 10.6 Å². The largest absolute Gasteiger partial charge is 0.310 e. The van der Waals surface area contributed by atoms with Crippen molar-refractivity contribution >= 4 is 50.7 Å². The van der Waals surface area contributed by atoms with Crippen molar-refractivity contribution in [2.45, 2.75) is 28.9 Å². The van der Waals surface area contributed by atoms with Crippen molar-refractivity contribution < 1.29 is 13.2 Å². The zero-order valence-corrected chi connectivity index (χ0v) is 16.1. The quantitative estimate of drug-likeness (QED) is 0.851. The molecular weight excluding hydrogens is 380 g/mol. The summed E-state index contributed by atoms with van der Waals surface area (Å²) in [7, 11) is -3.74. The number of nitrogens with one attached hydrogen (secondary N) is 1. The number of carbonyl (C=O) groups is 1. The van der Waals surface area contributed by atoms with Crippen LogP contribution in [0.25, 0.3) is 0 Å². The highest BCUT2D eigenvalue weighted by atomic mass is 35.5. The van der Waals surface area contributed by atoms with Gasteiger partial charge in [0.05, 0.1) is 16.3 Å². The second kappa shape index (κ2) is 6.90. The van der Waals surface area contributed by atoms with Crippen molar-refractivity contribution in [1.82, 2.24) is 0 Å². The number of benzene rings is 2. The lowest BCUT2D eigenvalue weighted by Crippen LogP contribution is -2.37. The lowest BCUT2D eigenvalue weighted by molar-refractivity contribution is -0.116. The fourth-order valence-electron chi connectivity index (χ4n) is 2.65. The number of rotatable bonds is 3. The first-order valence-electron chi connectivity index (χ1n) is 7.63. The number of halogens is 1. The average Bonchev–Trinajstić information content (AvgIpc) is 2.52. The molecule has 1 atom stereocenters. The van der Waals surface area contributed by atoms with Crippen LogP contribution >= 0.6 is 23.4 Å². The number of hydrogen-bond donors (Lipinski definition) is 1. The summed E-state index contributed by atoms with van der Waals surface area (Å²) in [6, 6.07) is 11.3. The van der Waals surface area contributed by atoms with Crippen molar-refractivity contribution in [3.8, 4) is 0 Å². The Morgan fingerprint density at radius 2 is 2.04 bits per heavy atom. The highest BCUT2D eigenvalue weighted by Crippen LogP contribution is 2.39. The predicted octanol–water partition coefficient (Wildman–Crippen LogP) is 3.99. The topological polar surface area (TPSA) is 66.5 Å². The molecule has 0 radical (unpaired) electrons. The third kappa shape index (κ3) is 3.94. The zero-order valence-electron chi connectivity index (χ0n) is 13.7. The van der Waals surface area contributed by atoms with E-state index >= 15 is 0 Å². The second-order valence-corrected chi connectivity index (χ2v) is 9.40. The Labute approximate surface area is 156 Å². The molecule has 8 heteroatoms. The van der Waals surface area contributed by atoms with Crippen LogP contribution in [0.2, 0.25) is 5.02 Å². The minimum Gasteiger partial charge on any atom is -0.310 e. The van der Waals surface area contributed by atoms with Crippen LogP contribution < -0.4 is 9.62 Å². The van der Waals surface area contributed by atoms with Crippen molar-refractivity contribution in [2.75, 3.05) is 16.2 Å². The van der Waals surface area contributed by atoms with Crippen molar-refractivity contribution in [3.63, 3.8) is 0 Å². The second-order valence-electron chi connectivity index (χ2n) is 5.80. The highest BCUT2D eigenvalue weighted by molar-refractivity contribution is 8.00. The number of anilines is 2. The van der Waals surface area contributed by atoms with Crippen LogP contribution in [0.1, 0.15) is 13.8 Å². The fourth-order valence-corrected chi connectivity index (χ4v) is 5.14. The normalized spacial score (nSPS) is 17.1. The maximum atomic E-state index is 12.7. The summed E-state index contributed by atoms with van der Waals surface area (Å²) < 4.78 is 27.8. The zero-order chi connectivity index (χ0) is 18.2. The molecule has 1 aliphatic heterocycles. The summed E-state index contributed by atoms with van der Waals surface area (Å²) >= 11 is 7.47. The first kappa shape index (κ1) is 18.1. The molecule has 0 aromatic heterocycles. The number of fused-ring (bicyclic) bond motifs is 1. The lowest BCUT2D eigenvalue weighted by atomic mass is 10.2. The Morgan fingerprint density at radius 1 is 1.28 bits per heavy atom. The van der Waals surface area contributed by atoms with Crippen LogP contribution in [-0.4, -0.2) is 26.1 Å². The van der Waals surface area contributed by atoms with E-state index in [-0.39, 0.29) is 16.1 Å². The molecule has 1 unspecified atom stereocenters. The molecule has 0 bridgehead atoms. The summed E-state index contributed by atoms with van der Waals surface area (Å²) in [6.07, 6.45) is 0. The third-order valence-corrected chi connectivity index (χ3v) is 6.50. The van der Waals surface area contributed by atoms with E-state index in [2.05, 4.69) is 4.72 Å². The van der Waals surface area contributed by atoms with E-state index in [9.17, 15) is 13.2 Å². The van der Waals surface area contributed by atoms with Gasteiger partial charge in [-0.1, -0.05) is 24.6 Å². The molecular formula is C17H17ClN2O3S2. The smallest absolute Gasteiger partial charge is 0.261 e. The van der Waals surface area contributed by atoms with Gasteiger partial charge in [0, 0.05) is 28.6 Å². The van der Waals surface area contributed by atoms with E-state index in [1.807, 2.05) is 6.92 Å². The van der Waals surface area contributed by atoms with Gasteiger partial charge < -0.3 is 4.90 Å². The SMILES string of the molecule is CC(=O)N1CC(C)Sc2cc(S(=O)(=O)Nc3cccc(Cl)c3)ccc21. The van der Waals surface area contributed by atoms with Gasteiger partial charge in [-0.05, 0) is 36.4 Å². The van der Waals surface area contributed by atoms with E-state index in [1.165, 1.54) is 13.0 Å². The first-order valence-corrected chi connectivity index (χ1v) is 10.4. The van der Waals surface area contributed by atoms with Crippen molar-refractivity contribution in [2.24, 2.45) is 0 Å². The van der Waals surface area contributed by atoms with E-state index in [4.69, 9.17) is 11.6 Å². The molecule has 25 heavy (non-hydrogen) atoms. The Kier molecular flexibility index (Phi) is 4.99. The van der Waals surface area contributed by atoms with Crippen LogP contribution in [0.5, 0.6) is 0 Å². The molecule has 1 N–H and O–H groups in total. The Balaban J connectivity index is 1.95. The standard InChI is InChI=1S/C17H17ClN2O3S2/c1-11-10-20(12(2)21)16-7-6-15(9-17(16)24-11)25(22,23)19-14-5-3-4-13(18)8-14/h3-9,11,19H,10H2,1-2H3. The molecule has 3 rings (SSSR count). The average molecular weight is 397 g/mol. The number of amides is 1. The summed E-state index contributed by atoms with van der Waals surface area (Å²) in [5.74, 6) is -0.0546. The molecule has 5 nitrogen and oxygen atoms in total. The van der Waals surface area contributed by atoms with Gasteiger partial charge in [-0.3, -0.25) is 9.52 Å². The van der Waals surface area contributed by atoms with E-state index in [1.54, 1.807) is 53.1 Å². The maximum absolute atomic E-state index is 12.7. The van der Waals surface area contributed by atoms with Gasteiger partial charge in [-0.2, -0.15) is 0 Å². The Bertz CT molecular complexity index is 931. The summed E-state index contributed by atoms with van der Waals surface area (Å²) in [5, 5.41) is 0.641. The molecule has 132 valence electrons. The molecule has 0 saturated heterocycles. The molecule has 0 fully saturated rings. The van der Waals surface area contributed by atoms with Gasteiger partial charge in [0.2, 0.25) is 5.91 Å². The van der Waals surface area contributed by atoms with Crippen LogP contribution in [0.4, 0.5) is 11.4 Å². The Hall–Kier alpha value is -1.70. The molecule has 2 aromatic rings. The third-order valence-electron chi connectivity index (χ3n) is 3.76. The number of sulfonamides is 1. The van der Waals surface area contributed by atoms with Crippen LogP contribution in [0.3, 0.4) is 0 Å². The number of carbonyl (C=O) groups excluding carboxylic acids is 1. The number of thioether (sulfide) groups is 1. The van der Waals surface area contributed by atoms with Crippen LogP contribution in [0, 0.1) is 0 Å². The predicted molar refractivity (Wildman–Crippen MR) is 102 cm³/mol. The summed E-state index contributed by atoms with van der Waals surface area (Å²) in [4.78, 5) is 14.4. The summed E-state index contributed by atoms with van der Waals surface area (Å²) in [6.45, 7) is 4.13. The Morgan fingerprint density at radius 3 is 2.72 bits per heavy atom. The molecule has 2 aromatic carbocycles. The van der Waals surface area contributed by atoms with Crippen LogP contribution in [0.15, 0.2) is 52.3 Å². The monoisotopic (exact) mass is 396 g/mol. The maximum Gasteiger partial charge on any atom is 0.261 e. The summed E-state index contributed by atoms with van der Waals surface area (Å²) in [5.41, 5.74) is 1.15. The van der Waals surface area contributed by atoms with Crippen molar-refractivity contribution in [1.29, 1.82) is 0 Å². The molecule has 0 saturated carbocycles. The molecule has 1 amide bonds. The lowest BCUT2D eigenvalue weighted by Gasteiger charge is -2.32. The van der Waals surface area contributed by atoms with Gasteiger partial charge in [0.25, 0.3) is 10.0 Å². The molecule has 1 heterocycles. The van der Waals surface area contributed by atoms with Gasteiger partial charge >= 0.3 is 0 Å². The van der Waals surface area contributed by atoms with Gasteiger partial charge in [-0.25, -0.2) is 8.42 Å². The number of nitrogens with zero attached hydrogens (tertiary/aromatic N) is 1. The molecule has 1 aliphatic rings. The molecule has 0 spiro atoms. The van der Waals surface area contributed by atoms with Crippen LogP contribution in [-0.2, 0) is 14.8 Å². The fraction of sp³-hybridized carbons (Fsp3) is 0.235. The first-order chi connectivity index (χ1) is 11.8. The number of hydrogen-bond acceptors (Lipinski definition) is 4. The van der Waals surface area contributed by atoms with Gasteiger partial charge in [0.15, 0.2) is 0 Å².